The molecule has 4 nitrogen and oxygen atoms in total. The maximum Gasteiger partial charge on any atom is 0.146 e. The molecule has 0 amide bonds. The van der Waals surface area contributed by atoms with Crippen LogP contribution in [0.25, 0.3) is 10.9 Å². The lowest BCUT2D eigenvalue weighted by atomic mass is 10.1. The first-order valence-electron chi connectivity index (χ1n) is 7.26. The van der Waals surface area contributed by atoms with E-state index in [9.17, 15) is 9.50 Å². The topological polar surface area (TPSA) is 50.1 Å². The highest BCUT2D eigenvalue weighted by atomic mass is 19.1. The minimum absolute atomic E-state index is 0.160. The van der Waals surface area contributed by atoms with Gasteiger partial charge in [0.2, 0.25) is 0 Å². The van der Waals surface area contributed by atoms with Crippen molar-refractivity contribution >= 4 is 10.9 Å². The van der Waals surface area contributed by atoms with Gasteiger partial charge in [-0.25, -0.2) is 4.39 Å². The van der Waals surface area contributed by atoms with Crippen LogP contribution >= 0.6 is 0 Å². The van der Waals surface area contributed by atoms with Crippen LogP contribution in [-0.4, -0.2) is 14.8 Å². The number of hydrogen-bond donors (Lipinski definition) is 2. The number of pyridine rings is 1. The maximum absolute atomic E-state index is 14.0. The van der Waals surface area contributed by atoms with Crippen molar-refractivity contribution in [2.24, 2.45) is 0 Å². The normalized spacial score (nSPS) is 12.5. The third kappa shape index (κ3) is 2.50. The lowest BCUT2D eigenvalue weighted by molar-refractivity contribution is 0.476. The van der Waals surface area contributed by atoms with E-state index in [0.29, 0.717) is 5.56 Å². The van der Waals surface area contributed by atoms with E-state index in [4.69, 9.17) is 0 Å². The molecule has 0 bridgehead atoms. The molecule has 22 heavy (non-hydrogen) atoms. The second-order valence-corrected chi connectivity index (χ2v) is 5.37. The fourth-order valence-corrected chi connectivity index (χ4v) is 2.71. The summed E-state index contributed by atoms with van der Waals surface area (Å²) in [4.78, 5) is 3.80. The molecule has 0 aliphatic carbocycles. The third-order valence-corrected chi connectivity index (χ3v) is 3.87. The Hall–Kier alpha value is -2.56. The Kier molecular flexibility index (Phi) is 3.71. The Morgan fingerprint density at radius 2 is 2.18 bits per heavy atom. The molecule has 0 fully saturated rings. The summed E-state index contributed by atoms with van der Waals surface area (Å²) in [6.45, 7) is 3.98. The number of nitrogens with one attached hydrogen (secondary N) is 1. The Bertz CT molecular complexity index is 813. The molecule has 0 spiro atoms. The molecule has 1 unspecified atom stereocenters. The van der Waals surface area contributed by atoms with Gasteiger partial charge in [0, 0.05) is 23.3 Å². The molecule has 0 aliphatic heterocycles. The second-order valence-electron chi connectivity index (χ2n) is 5.37. The fraction of sp³-hybridized carbons (Fsp3) is 0.235. The SMILES string of the molecule is CCC(Nn1cc(C)c2cc(O)ccc21)c1ccncc1F. The Morgan fingerprint density at radius 3 is 2.91 bits per heavy atom. The summed E-state index contributed by atoms with van der Waals surface area (Å²) in [5.74, 6) is -0.0757. The predicted molar refractivity (Wildman–Crippen MR) is 84.9 cm³/mol. The molecule has 0 radical (unpaired) electrons. The number of hydrogen-bond acceptors (Lipinski definition) is 3. The molecule has 114 valence electrons. The van der Waals surface area contributed by atoms with Crippen LogP contribution < -0.4 is 5.43 Å². The number of aryl methyl sites for hydroxylation is 1. The zero-order valence-corrected chi connectivity index (χ0v) is 12.5. The average Bonchev–Trinajstić information content (AvgIpc) is 2.81. The largest absolute Gasteiger partial charge is 0.508 e. The number of nitrogens with zero attached hydrogens (tertiary/aromatic N) is 2. The van der Waals surface area contributed by atoms with E-state index >= 15 is 0 Å². The smallest absolute Gasteiger partial charge is 0.146 e. The Morgan fingerprint density at radius 1 is 1.36 bits per heavy atom. The molecule has 2 N–H and O–H groups in total. The number of phenolic OH excluding ortho intramolecular Hbond substituents is 1. The van der Waals surface area contributed by atoms with Crippen molar-refractivity contribution in [1.29, 1.82) is 0 Å². The first-order chi connectivity index (χ1) is 10.6. The van der Waals surface area contributed by atoms with Crippen molar-refractivity contribution in [3.8, 4) is 5.75 Å². The van der Waals surface area contributed by atoms with Crippen LogP contribution in [0.1, 0.15) is 30.5 Å². The van der Waals surface area contributed by atoms with Crippen LogP contribution in [0.3, 0.4) is 0 Å². The Labute approximate surface area is 128 Å². The van der Waals surface area contributed by atoms with Gasteiger partial charge in [-0.3, -0.25) is 9.66 Å². The highest BCUT2D eigenvalue weighted by Crippen LogP contribution is 2.26. The van der Waals surface area contributed by atoms with Gasteiger partial charge in [-0.15, -0.1) is 0 Å². The van der Waals surface area contributed by atoms with E-state index in [-0.39, 0.29) is 17.6 Å². The average molecular weight is 299 g/mol. The molecule has 5 heteroatoms. The third-order valence-electron chi connectivity index (χ3n) is 3.87. The van der Waals surface area contributed by atoms with Gasteiger partial charge in [0.1, 0.15) is 11.6 Å². The van der Waals surface area contributed by atoms with E-state index < -0.39 is 0 Å². The number of aromatic nitrogens is 2. The van der Waals surface area contributed by atoms with Crippen LogP contribution in [0.15, 0.2) is 42.9 Å². The molecule has 1 atom stereocenters. The number of rotatable bonds is 4. The Balaban J connectivity index is 2.00. The highest BCUT2D eigenvalue weighted by molar-refractivity contribution is 5.85. The van der Waals surface area contributed by atoms with E-state index in [1.54, 1.807) is 24.4 Å². The number of benzene rings is 1. The number of aromatic hydroxyl groups is 1. The minimum Gasteiger partial charge on any atom is -0.508 e. The lowest BCUT2D eigenvalue weighted by Gasteiger charge is -2.20. The first kappa shape index (κ1) is 14.4. The fourth-order valence-electron chi connectivity index (χ4n) is 2.71. The molecule has 0 aliphatic rings. The zero-order valence-electron chi connectivity index (χ0n) is 12.5. The molecule has 2 aromatic heterocycles. The molecule has 2 heterocycles. The van der Waals surface area contributed by atoms with Crippen LogP contribution in [0, 0.1) is 12.7 Å². The summed E-state index contributed by atoms with van der Waals surface area (Å²) in [5, 5.41) is 10.6. The van der Waals surface area contributed by atoms with E-state index in [1.165, 1.54) is 6.20 Å². The monoisotopic (exact) mass is 299 g/mol. The molecule has 0 saturated carbocycles. The van der Waals surface area contributed by atoms with Crippen LogP contribution in [0.2, 0.25) is 0 Å². The second kappa shape index (κ2) is 5.67. The van der Waals surface area contributed by atoms with Crippen molar-refractivity contribution < 1.29 is 9.50 Å². The zero-order chi connectivity index (χ0) is 15.7. The lowest BCUT2D eigenvalue weighted by Crippen LogP contribution is -2.20. The van der Waals surface area contributed by atoms with Gasteiger partial charge in [0.05, 0.1) is 17.8 Å². The summed E-state index contributed by atoms with van der Waals surface area (Å²) >= 11 is 0. The molecule has 0 saturated heterocycles. The van der Waals surface area contributed by atoms with Gasteiger partial charge in [0.25, 0.3) is 0 Å². The maximum atomic E-state index is 14.0. The number of fused-ring (bicyclic) bond motifs is 1. The summed E-state index contributed by atoms with van der Waals surface area (Å²) in [7, 11) is 0. The van der Waals surface area contributed by atoms with Gasteiger partial charge >= 0.3 is 0 Å². The van der Waals surface area contributed by atoms with Crippen molar-refractivity contribution in [3.63, 3.8) is 0 Å². The molecule has 3 aromatic rings. The van der Waals surface area contributed by atoms with Gasteiger partial charge in [-0.05, 0) is 43.2 Å². The summed E-state index contributed by atoms with van der Waals surface area (Å²) in [6, 6.07) is 6.76. The van der Waals surface area contributed by atoms with Gasteiger partial charge in [-0.1, -0.05) is 6.92 Å². The van der Waals surface area contributed by atoms with Crippen molar-refractivity contribution in [3.05, 3.63) is 59.8 Å². The highest BCUT2D eigenvalue weighted by Gasteiger charge is 2.15. The summed E-state index contributed by atoms with van der Waals surface area (Å²) < 4.78 is 15.8. The first-order valence-corrected chi connectivity index (χ1v) is 7.26. The van der Waals surface area contributed by atoms with E-state index in [1.807, 2.05) is 30.8 Å². The van der Waals surface area contributed by atoms with E-state index in [2.05, 4.69) is 10.4 Å². The quantitative estimate of drug-likeness (QED) is 0.768. The molecule has 3 rings (SSSR count). The van der Waals surface area contributed by atoms with Gasteiger partial charge in [-0.2, -0.15) is 0 Å². The minimum atomic E-state index is -0.312. The summed E-state index contributed by atoms with van der Waals surface area (Å²) in [5.41, 5.74) is 5.92. The van der Waals surface area contributed by atoms with Gasteiger partial charge in [0.15, 0.2) is 0 Å². The van der Waals surface area contributed by atoms with Crippen molar-refractivity contribution in [2.45, 2.75) is 26.3 Å². The number of phenols is 1. The van der Waals surface area contributed by atoms with Crippen molar-refractivity contribution in [2.75, 3.05) is 5.43 Å². The van der Waals surface area contributed by atoms with Gasteiger partial charge < -0.3 is 10.5 Å². The van der Waals surface area contributed by atoms with Crippen LogP contribution in [0.5, 0.6) is 5.75 Å². The van der Waals surface area contributed by atoms with Crippen molar-refractivity contribution in [1.82, 2.24) is 9.66 Å². The molecular formula is C17H18FN3O. The summed E-state index contributed by atoms with van der Waals surface area (Å²) in [6.07, 6.45) is 5.51. The van der Waals surface area contributed by atoms with E-state index in [0.717, 1.165) is 22.9 Å². The molecule has 1 aromatic carbocycles. The number of halogens is 1. The molecular weight excluding hydrogens is 281 g/mol. The van der Waals surface area contributed by atoms with Crippen LogP contribution in [-0.2, 0) is 0 Å². The standard InChI is InChI=1S/C17H18FN3O/c1-3-16(13-6-7-19-9-15(13)18)20-21-10-11(2)14-8-12(22)4-5-17(14)21/h4-10,16,20,22H,3H2,1-2H3. The predicted octanol–water partition coefficient (Wildman–Crippen LogP) is 3.88. The van der Waals surface area contributed by atoms with Crippen LogP contribution in [0.4, 0.5) is 4.39 Å².